The van der Waals surface area contributed by atoms with Crippen molar-refractivity contribution in [3.8, 4) is 11.5 Å². The van der Waals surface area contributed by atoms with Crippen molar-refractivity contribution in [1.82, 2.24) is 10.9 Å². The van der Waals surface area contributed by atoms with Gasteiger partial charge in [-0.3, -0.25) is 10.2 Å². The molecule has 1 amide bonds. The van der Waals surface area contributed by atoms with Gasteiger partial charge in [0.25, 0.3) is 0 Å². The summed E-state index contributed by atoms with van der Waals surface area (Å²) >= 11 is 0. The van der Waals surface area contributed by atoms with Crippen molar-refractivity contribution >= 4 is 5.91 Å². The Labute approximate surface area is 106 Å². The van der Waals surface area contributed by atoms with Gasteiger partial charge < -0.3 is 9.47 Å². The normalized spacial score (nSPS) is 15.9. The van der Waals surface area contributed by atoms with Gasteiger partial charge in [0.1, 0.15) is 11.5 Å². The van der Waals surface area contributed by atoms with E-state index in [1.54, 1.807) is 21.3 Å². The number of hydrazine groups is 1. The first-order chi connectivity index (χ1) is 8.67. The standard InChI is InChI=1S/C13H18N2O3/c1-14-15-12(16)13(6-7-13)10-8-9(17-2)4-5-11(10)18-3/h4-5,8,14H,6-7H2,1-3H3,(H,15,16). The molecule has 1 fully saturated rings. The molecular weight excluding hydrogens is 232 g/mol. The number of hydrogen-bond donors (Lipinski definition) is 2. The van der Waals surface area contributed by atoms with Gasteiger partial charge in [-0.25, -0.2) is 5.43 Å². The van der Waals surface area contributed by atoms with Crippen molar-refractivity contribution in [2.24, 2.45) is 0 Å². The van der Waals surface area contributed by atoms with Crippen molar-refractivity contribution < 1.29 is 14.3 Å². The molecule has 5 heteroatoms. The lowest BCUT2D eigenvalue weighted by Crippen LogP contribution is -2.41. The SMILES string of the molecule is CNNC(=O)C1(c2cc(OC)ccc2OC)CC1. The van der Waals surface area contributed by atoms with Crippen LogP contribution in [0, 0.1) is 0 Å². The Balaban J connectivity index is 2.39. The third-order valence-corrected chi connectivity index (χ3v) is 3.35. The van der Waals surface area contributed by atoms with Crippen LogP contribution in [0.4, 0.5) is 0 Å². The summed E-state index contributed by atoms with van der Waals surface area (Å²) in [5.74, 6) is 1.42. The Morgan fingerprint density at radius 2 is 2.00 bits per heavy atom. The highest BCUT2D eigenvalue weighted by molar-refractivity contribution is 5.91. The van der Waals surface area contributed by atoms with Crippen LogP contribution in [0.2, 0.25) is 0 Å². The fourth-order valence-corrected chi connectivity index (χ4v) is 2.16. The van der Waals surface area contributed by atoms with Crippen molar-refractivity contribution in [2.45, 2.75) is 18.3 Å². The molecule has 1 aliphatic carbocycles. The zero-order chi connectivity index (χ0) is 13.2. The number of carbonyl (C=O) groups excluding carboxylic acids is 1. The molecule has 0 heterocycles. The molecule has 0 bridgehead atoms. The molecule has 0 spiro atoms. The molecule has 1 saturated carbocycles. The molecule has 0 saturated heterocycles. The summed E-state index contributed by atoms with van der Waals surface area (Å²) in [6, 6.07) is 5.54. The summed E-state index contributed by atoms with van der Waals surface area (Å²) in [7, 11) is 4.90. The van der Waals surface area contributed by atoms with Gasteiger partial charge >= 0.3 is 0 Å². The first-order valence-electron chi connectivity index (χ1n) is 5.87. The van der Waals surface area contributed by atoms with Gasteiger partial charge in [-0.2, -0.15) is 0 Å². The maximum Gasteiger partial charge on any atom is 0.244 e. The van der Waals surface area contributed by atoms with Crippen LogP contribution in [0.25, 0.3) is 0 Å². The van der Waals surface area contributed by atoms with Gasteiger partial charge in [0.05, 0.1) is 19.6 Å². The topological polar surface area (TPSA) is 59.6 Å². The molecule has 0 atom stereocenters. The highest BCUT2D eigenvalue weighted by atomic mass is 16.5. The molecule has 1 aromatic rings. The van der Waals surface area contributed by atoms with Gasteiger partial charge in [0.15, 0.2) is 0 Å². The average molecular weight is 250 g/mol. The highest BCUT2D eigenvalue weighted by Crippen LogP contribution is 2.52. The molecule has 1 aromatic carbocycles. The van der Waals surface area contributed by atoms with Crippen molar-refractivity contribution in [3.05, 3.63) is 23.8 Å². The maximum atomic E-state index is 12.1. The minimum atomic E-state index is -0.483. The zero-order valence-corrected chi connectivity index (χ0v) is 10.9. The van der Waals surface area contributed by atoms with E-state index in [0.29, 0.717) is 0 Å². The molecule has 0 aromatic heterocycles. The molecule has 98 valence electrons. The molecule has 0 aliphatic heterocycles. The Hall–Kier alpha value is -1.75. The summed E-state index contributed by atoms with van der Waals surface area (Å²) in [5, 5.41) is 0. The molecule has 0 radical (unpaired) electrons. The van der Waals surface area contributed by atoms with E-state index in [1.807, 2.05) is 18.2 Å². The van der Waals surface area contributed by atoms with E-state index in [4.69, 9.17) is 9.47 Å². The lowest BCUT2D eigenvalue weighted by Gasteiger charge is -2.19. The van der Waals surface area contributed by atoms with E-state index in [1.165, 1.54) is 0 Å². The highest BCUT2D eigenvalue weighted by Gasteiger charge is 2.53. The van der Waals surface area contributed by atoms with Crippen molar-refractivity contribution in [3.63, 3.8) is 0 Å². The Bertz CT molecular complexity index is 456. The van der Waals surface area contributed by atoms with E-state index in [-0.39, 0.29) is 5.91 Å². The monoisotopic (exact) mass is 250 g/mol. The average Bonchev–Trinajstić information content (AvgIpc) is 3.19. The van der Waals surface area contributed by atoms with Crippen molar-refractivity contribution in [1.29, 1.82) is 0 Å². The van der Waals surface area contributed by atoms with Gasteiger partial charge in [-0.15, -0.1) is 0 Å². The van der Waals surface area contributed by atoms with Crippen LogP contribution in [0.3, 0.4) is 0 Å². The van der Waals surface area contributed by atoms with E-state index in [2.05, 4.69) is 10.9 Å². The number of amides is 1. The molecule has 1 aliphatic rings. The summed E-state index contributed by atoms with van der Waals surface area (Å²) in [5.41, 5.74) is 5.73. The minimum Gasteiger partial charge on any atom is -0.497 e. The number of ether oxygens (including phenoxy) is 2. The van der Waals surface area contributed by atoms with Gasteiger partial charge in [0, 0.05) is 12.6 Å². The number of benzene rings is 1. The summed E-state index contributed by atoms with van der Waals surface area (Å²) in [6.45, 7) is 0. The van der Waals surface area contributed by atoms with Crippen LogP contribution in [-0.4, -0.2) is 27.2 Å². The van der Waals surface area contributed by atoms with E-state index >= 15 is 0 Å². The predicted molar refractivity (Wildman–Crippen MR) is 67.7 cm³/mol. The summed E-state index contributed by atoms with van der Waals surface area (Å²) < 4.78 is 10.6. The molecule has 2 N–H and O–H groups in total. The van der Waals surface area contributed by atoms with Crippen LogP contribution >= 0.6 is 0 Å². The van der Waals surface area contributed by atoms with Crippen LogP contribution in [0.5, 0.6) is 11.5 Å². The molecule has 5 nitrogen and oxygen atoms in total. The second-order valence-corrected chi connectivity index (χ2v) is 4.35. The number of methoxy groups -OCH3 is 2. The van der Waals surface area contributed by atoms with E-state index in [9.17, 15) is 4.79 Å². The second-order valence-electron chi connectivity index (χ2n) is 4.35. The number of rotatable bonds is 5. The lowest BCUT2D eigenvalue weighted by molar-refractivity contribution is -0.124. The predicted octanol–water partition coefficient (Wildman–Crippen LogP) is 0.986. The molecular formula is C13H18N2O3. The lowest BCUT2D eigenvalue weighted by atomic mass is 9.94. The molecule has 0 unspecified atom stereocenters. The second kappa shape index (κ2) is 4.86. The fourth-order valence-electron chi connectivity index (χ4n) is 2.16. The third-order valence-electron chi connectivity index (χ3n) is 3.35. The van der Waals surface area contributed by atoms with Crippen LogP contribution in [-0.2, 0) is 10.2 Å². The minimum absolute atomic E-state index is 0.0310. The first-order valence-corrected chi connectivity index (χ1v) is 5.87. The largest absolute Gasteiger partial charge is 0.497 e. The Morgan fingerprint density at radius 1 is 1.28 bits per heavy atom. The van der Waals surface area contributed by atoms with Crippen LogP contribution in [0.15, 0.2) is 18.2 Å². The van der Waals surface area contributed by atoms with E-state index in [0.717, 1.165) is 29.9 Å². The van der Waals surface area contributed by atoms with Gasteiger partial charge in [0.2, 0.25) is 5.91 Å². The molecule has 2 rings (SSSR count). The number of carbonyl (C=O) groups is 1. The van der Waals surface area contributed by atoms with Crippen molar-refractivity contribution in [2.75, 3.05) is 21.3 Å². The summed E-state index contributed by atoms with van der Waals surface area (Å²) in [4.78, 5) is 12.1. The van der Waals surface area contributed by atoms with Crippen LogP contribution < -0.4 is 20.3 Å². The smallest absolute Gasteiger partial charge is 0.244 e. The third kappa shape index (κ3) is 2.01. The molecule has 18 heavy (non-hydrogen) atoms. The summed E-state index contributed by atoms with van der Waals surface area (Å²) in [6.07, 6.45) is 1.65. The Morgan fingerprint density at radius 3 is 2.50 bits per heavy atom. The fraction of sp³-hybridized carbons (Fsp3) is 0.462. The first kappa shape index (κ1) is 12.7. The maximum absolute atomic E-state index is 12.1. The number of hydrogen-bond acceptors (Lipinski definition) is 4. The zero-order valence-electron chi connectivity index (χ0n) is 10.9. The number of nitrogens with one attached hydrogen (secondary N) is 2. The van der Waals surface area contributed by atoms with Crippen LogP contribution in [0.1, 0.15) is 18.4 Å². The Kier molecular flexibility index (Phi) is 3.43. The van der Waals surface area contributed by atoms with Gasteiger partial charge in [-0.1, -0.05) is 0 Å². The van der Waals surface area contributed by atoms with Gasteiger partial charge in [-0.05, 0) is 31.0 Å². The van der Waals surface area contributed by atoms with E-state index < -0.39 is 5.41 Å². The quantitative estimate of drug-likeness (QED) is 0.765.